The number of hydrogen-bond donors (Lipinski definition) is 2. The van der Waals surface area contributed by atoms with Gasteiger partial charge in [0.2, 0.25) is 0 Å². The Bertz CT molecular complexity index is 784. The molecular weight excluding hydrogens is 312 g/mol. The summed E-state index contributed by atoms with van der Waals surface area (Å²) in [6.45, 7) is 4.11. The largest absolute Gasteiger partial charge is 0.383 e. The van der Waals surface area contributed by atoms with Crippen molar-refractivity contribution in [2.45, 2.75) is 24.2 Å². The van der Waals surface area contributed by atoms with Gasteiger partial charge in [-0.25, -0.2) is 0 Å². The summed E-state index contributed by atoms with van der Waals surface area (Å²) in [5.74, 6) is 0. The smallest absolute Gasteiger partial charge is 0.295 e. The third kappa shape index (κ3) is 3.83. The summed E-state index contributed by atoms with van der Waals surface area (Å²) in [5.41, 5.74) is 0.894. The Morgan fingerprint density at radius 1 is 1.00 bits per heavy atom. The van der Waals surface area contributed by atoms with Crippen LogP contribution in [0.25, 0.3) is 10.8 Å². The van der Waals surface area contributed by atoms with Crippen molar-refractivity contribution < 1.29 is 13.0 Å². The minimum atomic E-state index is -4.22. The van der Waals surface area contributed by atoms with E-state index in [-0.39, 0.29) is 4.90 Å². The van der Waals surface area contributed by atoms with Crippen LogP contribution in [-0.4, -0.2) is 44.0 Å². The number of benzene rings is 2. The Morgan fingerprint density at radius 2 is 1.70 bits per heavy atom. The van der Waals surface area contributed by atoms with E-state index in [1.807, 2.05) is 12.1 Å². The number of likely N-dealkylation sites (tertiary alicyclic amines) is 1. The summed E-state index contributed by atoms with van der Waals surface area (Å²) >= 11 is 0. The van der Waals surface area contributed by atoms with Gasteiger partial charge in [0.1, 0.15) is 4.90 Å². The topological polar surface area (TPSA) is 69.6 Å². The molecule has 1 fully saturated rings. The molecule has 124 valence electrons. The molecule has 0 unspecified atom stereocenters. The standard InChI is InChI=1S/C17H22N2O3S/c20-23(21,22)17-9-5-6-14-15(17)7-4-8-16(14)18-10-13-19-11-2-1-3-12-19/h4-9,18H,1-3,10-13H2,(H,20,21,22). The van der Waals surface area contributed by atoms with Gasteiger partial charge in [-0.2, -0.15) is 8.42 Å². The quantitative estimate of drug-likeness (QED) is 0.823. The van der Waals surface area contributed by atoms with E-state index in [4.69, 9.17) is 0 Å². The van der Waals surface area contributed by atoms with Crippen LogP contribution >= 0.6 is 0 Å². The van der Waals surface area contributed by atoms with Crippen molar-refractivity contribution in [1.82, 2.24) is 4.90 Å². The van der Waals surface area contributed by atoms with E-state index in [1.165, 1.54) is 25.3 Å². The van der Waals surface area contributed by atoms with Gasteiger partial charge >= 0.3 is 0 Å². The van der Waals surface area contributed by atoms with Gasteiger partial charge in [0.05, 0.1) is 0 Å². The van der Waals surface area contributed by atoms with Crippen molar-refractivity contribution >= 4 is 26.6 Å². The molecule has 2 aromatic carbocycles. The molecule has 0 atom stereocenters. The van der Waals surface area contributed by atoms with Crippen LogP contribution in [0.2, 0.25) is 0 Å². The molecule has 5 nitrogen and oxygen atoms in total. The summed E-state index contributed by atoms with van der Waals surface area (Å²) in [7, 11) is -4.22. The van der Waals surface area contributed by atoms with E-state index in [0.717, 1.165) is 37.3 Å². The molecule has 0 aliphatic carbocycles. The normalized spacial score (nSPS) is 16.6. The fraction of sp³-hybridized carbons (Fsp3) is 0.412. The van der Waals surface area contributed by atoms with Crippen molar-refractivity contribution in [2.24, 2.45) is 0 Å². The van der Waals surface area contributed by atoms with Crippen LogP contribution in [0, 0.1) is 0 Å². The SMILES string of the molecule is O=S(=O)(O)c1cccc2c(NCCN3CCCCC3)cccc12. The highest BCUT2D eigenvalue weighted by Gasteiger charge is 2.15. The first-order valence-corrected chi connectivity index (χ1v) is 9.45. The molecule has 2 N–H and O–H groups in total. The summed E-state index contributed by atoms with van der Waals surface area (Å²) in [6.07, 6.45) is 3.86. The lowest BCUT2D eigenvalue weighted by Crippen LogP contribution is -2.33. The molecule has 1 aliphatic rings. The first-order chi connectivity index (χ1) is 11.1. The zero-order chi connectivity index (χ0) is 16.3. The van der Waals surface area contributed by atoms with Gasteiger partial charge in [-0.05, 0) is 38.1 Å². The molecule has 3 rings (SSSR count). The molecule has 1 saturated heterocycles. The number of fused-ring (bicyclic) bond motifs is 1. The van der Waals surface area contributed by atoms with Gasteiger partial charge in [0.25, 0.3) is 10.1 Å². The highest BCUT2D eigenvalue weighted by atomic mass is 32.2. The number of hydrogen-bond acceptors (Lipinski definition) is 4. The van der Waals surface area contributed by atoms with Crippen molar-refractivity contribution in [3.63, 3.8) is 0 Å². The minimum Gasteiger partial charge on any atom is -0.383 e. The molecule has 2 aromatic rings. The Kier molecular flexibility index (Phi) is 4.84. The molecule has 23 heavy (non-hydrogen) atoms. The average Bonchev–Trinajstić information content (AvgIpc) is 2.54. The summed E-state index contributed by atoms with van der Waals surface area (Å²) < 4.78 is 32.4. The van der Waals surface area contributed by atoms with Crippen molar-refractivity contribution in [2.75, 3.05) is 31.5 Å². The van der Waals surface area contributed by atoms with Crippen molar-refractivity contribution in [3.05, 3.63) is 36.4 Å². The fourth-order valence-electron chi connectivity index (χ4n) is 3.19. The first-order valence-electron chi connectivity index (χ1n) is 8.01. The van der Waals surface area contributed by atoms with Crippen LogP contribution in [0.15, 0.2) is 41.3 Å². The van der Waals surface area contributed by atoms with Gasteiger partial charge in [-0.1, -0.05) is 30.7 Å². The lowest BCUT2D eigenvalue weighted by molar-refractivity contribution is 0.237. The Labute approximate surface area is 137 Å². The summed E-state index contributed by atoms with van der Waals surface area (Å²) in [5, 5.41) is 4.74. The maximum atomic E-state index is 11.5. The maximum absolute atomic E-state index is 11.5. The predicted molar refractivity (Wildman–Crippen MR) is 92.5 cm³/mol. The lowest BCUT2D eigenvalue weighted by Gasteiger charge is -2.26. The van der Waals surface area contributed by atoms with Crippen LogP contribution < -0.4 is 5.32 Å². The second-order valence-corrected chi connectivity index (χ2v) is 7.35. The number of rotatable bonds is 5. The summed E-state index contributed by atoms with van der Waals surface area (Å²) in [6, 6.07) is 10.4. The number of nitrogens with one attached hydrogen (secondary N) is 1. The zero-order valence-corrected chi connectivity index (χ0v) is 13.8. The molecule has 1 heterocycles. The minimum absolute atomic E-state index is 0.0466. The molecule has 0 radical (unpaired) electrons. The van der Waals surface area contributed by atoms with Gasteiger partial charge in [-0.15, -0.1) is 0 Å². The molecule has 6 heteroatoms. The van der Waals surface area contributed by atoms with Gasteiger partial charge < -0.3 is 10.2 Å². The van der Waals surface area contributed by atoms with E-state index >= 15 is 0 Å². The molecule has 1 aliphatic heterocycles. The molecule has 0 bridgehead atoms. The summed E-state index contributed by atoms with van der Waals surface area (Å²) in [4.78, 5) is 2.40. The first kappa shape index (κ1) is 16.2. The van der Waals surface area contributed by atoms with Crippen molar-refractivity contribution in [3.8, 4) is 0 Å². The third-order valence-corrected chi connectivity index (χ3v) is 5.26. The van der Waals surface area contributed by atoms with Crippen LogP contribution in [0.1, 0.15) is 19.3 Å². The lowest BCUT2D eigenvalue weighted by atomic mass is 10.1. The second-order valence-electron chi connectivity index (χ2n) is 5.96. The van der Waals surface area contributed by atoms with Gasteiger partial charge in [-0.3, -0.25) is 4.55 Å². The molecular formula is C17H22N2O3S. The average molecular weight is 334 g/mol. The fourth-order valence-corrected chi connectivity index (χ4v) is 3.90. The van der Waals surface area contributed by atoms with Gasteiger partial charge in [0, 0.05) is 29.5 Å². The number of nitrogens with zero attached hydrogens (tertiary/aromatic N) is 1. The van der Waals surface area contributed by atoms with E-state index < -0.39 is 10.1 Å². The molecule has 0 saturated carbocycles. The van der Waals surface area contributed by atoms with E-state index in [2.05, 4.69) is 10.2 Å². The Hall–Kier alpha value is -1.63. The highest BCUT2D eigenvalue weighted by Crippen LogP contribution is 2.28. The van der Waals surface area contributed by atoms with Gasteiger partial charge in [0.15, 0.2) is 0 Å². The van der Waals surface area contributed by atoms with E-state index in [9.17, 15) is 13.0 Å². The Balaban J connectivity index is 1.78. The van der Waals surface area contributed by atoms with Crippen molar-refractivity contribution in [1.29, 1.82) is 0 Å². The Morgan fingerprint density at radius 3 is 2.43 bits per heavy atom. The van der Waals surface area contributed by atoms with Crippen LogP contribution in [0.4, 0.5) is 5.69 Å². The maximum Gasteiger partial charge on any atom is 0.295 e. The number of piperidine rings is 1. The van der Waals surface area contributed by atoms with E-state index in [0.29, 0.717) is 5.39 Å². The predicted octanol–water partition coefficient (Wildman–Crippen LogP) is 2.98. The highest BCUT2D eigenvalue weighted by molar-refractivity contribution is 7.86. The molecule has 0 aromatic heterocycles. The van der Waals surface area contributed by atoms with Crippen LogP contribution in [0.5, 0.6) is 0 Å². The molecule has 0 amide bonds. The van der Waals surface area contributed by atoms with Crippen LogP contribution in [-0.2, 0) is 10.1 Å². The zero-order valence-electron chi connectivity index (χ0n) is 13.0. The second kappa shape index (κ2) is 6.86. The van der Waals surface area contributed by atoms with Crippen LogP contribution in [0.3, 0.4) is 0 Å². The third-order valence-electron chi connectivity index (χ3n) is 4.35. The monoisotopic (exact) mass is 334 g/mol. The number of anilines is 1. The molecule has 0 spiro atoms. The van der Waals surface area contributed by atoms with E-state index in [1.54, 1.807) is 18.2 Å².